The molecule has 1 aliphatic rings. The monoisotopic (exact) mass is 347 g/mol. The maximum Gasteiger partial charge on any atom is 0.268 e. The van der Waals surface area contributed by atoms with Crippen molar-refractivity contribution < 1.29 is 0 Å². The van der Waals surface area contributed by atoms with E-state index >= 15 is 0 Å². The van der Waals surface area contributed by atoms with Gasteiger partial charge in [-0.1, -0.05) is 30.3 Å². The zero-order valence-electron chi connectivity index (χ0n) is 11.8. The van der Waals surface area contributed by atoms with Gasteiger partial charge in [-0.15, -0.1) is 0 Å². The van der Waals surface area contributed by atoms with Gasteiger partial charge in [0.05, 0.1) is 12.4 Å². The third-order valence-electron chi connectivity index (χ3n) is 3.97. The van der Waals surface area contributed by atoms with Gasteiger partial charge in [-0.3, -0.25) is 9.36 Å². The van der Waals surface area contributed by atoms with E-state index in [9.17, 15) is 4.79 Å². The summed E-state index contributed by atoms with van der Waals surface area (Å²) in [6, 6.07) is 10.2. The maximum absolute atomic E-state index is 12.4. The fourth-order valence-corrected chi connectivity index (χ4v) is 3.19. The van der Waals surface area contributed by atoms with E-state index in [0.29, 0.717) is 4.47 Å². The van der Waals surface area contributed by atoms with Gasteiger partial charge in [0.2, 0.25) is 0 Å². The van der Waals surface area contributed by atoms with E-state index in [2.05, 4.69) is 37.9 Å². The minimum Gasteiger partial charge on any atom is -0.301 e. The molecule has 3 rings (SSSR count). The summed E-state index contributed by atoms with van der Waals surface area (Å²) in [5, 5.41) is 0. The Morgan fingerprint density at radius 3 is 2.62 bits per heavy atom. The SMILES string of the molecule is O=c1c(Br)cncn1C(CN1CCCC1)c1ccccc1. The lowest BCUT2D eigenvalue weighted by Gasteiger charge is -2.25. The number of aromatic nitrogens is 2. The van der Waals surface area contributed by atoms with E-state index in [1.807, 2.05) is 18.2 Å². The second kappa shape index (κ2) is 6.54. The largest absolute Gasteiger partial charge is 0.301 e. The van der Waals surface area contributed by atoms with Gasteiger partial charge in [-0.2, -0.15) is 0 Å². The van der Waals surface area contributed by atoms with Crippen molar-refractivity contribution in [1.82, 2.24) is 14.5 Å². The maximum atomic E-state index is 12.4. The van der Waals surface area contributed by atoms with Crippen LogP contribution >= 0.6 is 15.9 Å². The summed E-state index contributed by atoms with van der Waals surface area (Å²) in [5.41, 5.74) is 1.12. The molecule has 1 aromatic heterocycles. The fraction of sp³-hybridized carbons (Fsp3) is 0.375. The van der Waals surface area contributed by atoms with Crippen molar-refractivity contribution in [2.75, 3.05) is 19.6 Å². The van der Waals surface area contributed by atoms with Crippen molar-refractivity contribution in [3.8, 4) is 0 Å². The van der Waals surface area contributed by atoms with Crippen LogP contribution in [0.1, 0.15) is 24.4 Å². The molecule has 1 aromatic carbocycles. The van der Waals surface area contributed by atoms with Crippen LogP contribution in [0.25, 0.3) is 0 Å². The summed E-state index contributed by atoms with van der Waals surface area (Å²) in [4.78, 5) is 19.0. The molecule has 1 unspecified atom stereocenters. The van der Waals surface area contributed by atoms with Crippen LogP contribution in [0, 0.1) is 0 Å². The summed E-state index contributed by atoms with van der Waals surface area (Å²) in [7, 11) is 0. The van der Waals surface area contributed by atoms with Gasteiger partial charge in [-0.25, -0.2) is 4.98 Å². The first-order chi connectivity index (χ1) is 10.3. The molecule has 0 aliphatic carbocycles. The van der Waals surface area contributed by atoms with E-state index in [-0.39, 0.29) is 11.6 Å². The van der Waals surface area contributed by atoms with Crippen molar-refractivity contribution >= 4 is 15.9 Å². The molecule has 4 nitrogen and oxygen atoms in total. The van der Waals surface area contributed by atoms with E-state index in [1.165, 1.54) is 12.8 Å². The summed E-state index contributed by atoms with van der Waals surface area (Å²) in [6.07, 6.45) is 5.68. The molecule has 1 fully saturated rings. The van der Waals surface area contributed by atoms with E-state index in [1.54, 1.807) is 17.1 Å². The second-order valence-corrected chi connectivity index (χ2v) is 6.24. The molecule has 110 valence electrons. The Morgan fingerprint density at radius 1 is 1.19 bits per heavy atom. The Hall–Kier alpha value is -1.46. The standard InChI is InChI=1S/C16H18BrN3O/c17-14-10-18-12-20(16(14)21)15(11-19-8-4-5-9-19)13-6-2-1-3-7-13/h1-3,6-7,10,12,15H,4-5,8-9,11H2. The van der Waals surface area contributed by atoms with Gasteiger partial charge >= 0.3 is 0 Å². The molecule has 21 heavy (non-hydrogen) atoms. The zero-order chi connectivity index (χ0) is 14.7. The first-order valence-electron chi connectivity index (χ1n) is 7.24. The molecule has 0 saturated carbocycles. The van der Waals surface area contributed by atoms with E-state index < -0.39 is 0 Å². The Labute approximate surface area is 132 Å². The fourth-order valence-electron chi connectivity index (χ4n) is 2.86. The number of rotatable bonds is 4. The van der Waals surface area contributed by atoms with Crippen molar-refractivity contribution in [2.45, 2.75) is 18.9 Å². The quantitative estimate of drug-likeness (QED) is 0.853. The Kier molecular flexibility index (Phi) is 4.51. The average molecular weight is 348 g/mol. The number of benzene rings is 1. The molecule has 0 spiro atoms. The predicted octanol–water partition coefficient (Wildman–Crippen LogP) is 2.69. The van der Waals surface area contributed by atoms with Crippen LogP contribution in [0.2, 0.25) is 0 Å². The highest BCUT2D eigenvalue weighted by Gasteiger charge is 2.21. The van der Waals surface area contributed by atoms with Crippen molar-refractivity contribution in [3.63, 3.8) is 0 Å². The first kappa shape index (κ1) is 14.5. The second-order valence-electron chi connectivity index (χ2n) is 5.39. The van der Waals surface area contributed by atoms with Crippen molar-refractivity contribution in [2.24, 2.45) is 0 Å². The number of halogens is 1. The predicted molar refractivity (Wildman–Crippen MR) is 86.5 cm³/mol. The van der Waals surface area contributed by atoms with E-state index in [0.717, 1.165) is 25.2 Å². The number of hydrogen-bond acceptors (Lipinski definition) is 3. The summed E-state index contributed by atoms with van der Waals surface area (Å²) < 4.78 is 2.24. The summed E-state index contributed by atoms with van der Waals surface area (Å²) in [5.74, 6) is 0. The lowest BCUT2D eigenvalue weighted by atomic mass is 10.1. The highest BCUT2D eigenvalue weighted by Crippen LogP contribution is 2.20. The highest BCUT2D eigenvalue weighted by molar-refractivity contribution is 9.10. The Bertz CT molecular complexity index is 650. The van der Waals surface area contributed by atoms with Crippen LogP contribution in [0.15, 0.2) is 52.1 Å². The van der Waals surface area contributed by atoms with Crippen LogP contribution in [0.4, 0.5) is 0 Å². The molecular formula is C16H18BrN3O. The smallest absolute Gasteiger partial charge is 0.268 e. The topological polar surface area (TPSA) is 38.1 Å². The number of likely N-dealkylation sites (tertiary alicyclic amines) is 1. The first-order valence-corrected chi connectivity index (χ1v) is 8.04. The third kappa shape index (κ3) is 3.24. The normalized spacial score (nSPS) is 17.0. The van der Waals surface area contributed by atoms with E-state index in [4.69, 9.17) is 0 Å². The minimum absolute atomic E-state index is 0.00167. The van der Waals surface area contributed by atoms with Gasteiger partial charge in [0, 0.05) is 12.7 Å². The van der Waals surface area contributed by atoms with Crippen LogP contribution < -0.4 is 5.56 Å². The van der Waals surface area contributed by atoms with Gasteiger partial charge in [-0.05, 0) is 47.4 Å². The summed E-state index contributed by atoms with van der Waals surface area (Å²) in [6.45, 7) is 3.07. The number of nitrogens with zero attached hydrogens (tertiary/aromatic N) is 3. The molecule has 0 bridgehead atoms. The molecule has 0 N–H and O–H groups in total. The van der Waals surface area contributed by atoms with Crippen molar-refractivity contribution in [3.05, 3.63) is 63.2 Å². The minimum atomic E-state index is -0.0296. The molecule has 0 radical (unpaired) electrons. The lowest BCUT2D eigenvalue weighted by molar-refractivity contribution is 0.294. The Balaban J connectivity index is 1.99. The van der Waals surface area contributed by atoms with Crippen LogP contribution in [0.5, 0.6) is 0 Å². The number of hydrogen-bond donors (Lipinski definition) is 0. The average Bonchev–Trinajstić information content (AvgIpc) is 3.02. The van der Waals surface area contributed by atoms with Crippen LogP contribution in [-0.2, 0) is 0 Å². The molecule has 5 heteroatoms. The third-order valence-corrected chi connectivity index (χ3v) is 4.51. The lowest BCUT2D eigenvalue weighted by Crippen LogP contribution is -2.34. The van der Waals surface area contributed by atoms with Gasteiger partial charge in [0.15, 0.2) is 0 Å². The molecule has 1 aliphatic heterocycles. The van der Waals surface area contributed by atoms with Crippen LogP contribution in [0.3, 0.4) is 0 Å². The summed E-state index contributed by atoms with van der Waals surface area (Å²) >= 11 is 3.29. The molecule has 2 aromatic rings. The molecule has 2 heterocycles. The van der Waals surface area contributed by atoms with Gasteiger partial charge < -0.3 is 4.90 Å². The highest BCUT2D eigenvalue weighted by atomic mass is 79.9. The molecule has 1 atom stereocenters. The molecular weight excluding hydrogens is 330 g/mol. The molecule has 0 amide bonds. The zero-order valence-corrected chi connectivity index (χ0v) is 13.4. The van der Waals surface area contributed by atoms with Crippen LogP contribution in [-0.4, -0.2) is 34.1 Å². The Morgan fingerprint density at radius 2 is 1.90 bits per heavy atom. The van der Waals surface area contributed by atoms with Gasteiger partial charge in [0.25, 0.3) is 5.56 Å². The van der Waals surface area contributed by atoms with Gasteiger partial charge in [0.1, 0.15) is 4.47 Å². The van der Waals surface area contributed by atoms with Crippen molar-refractivity contribution in [1.29, 1.82) is 0 Å². The molecule has 1 saturated heterocycles.